The number of nitrogens with zero attached hydrogens (tertiary/aromatic N) is 2. The maximum absolute atomic E-state index is 12.6. The van der Waals surface area contributed by atoms with Crippen LogP contribution in [0, 0.1) is 17.3 Å². The molecule has 0 aromatic heterocycles. The van der Waals surface area contributed by atoms with Crippen molar-refractivity contribution in [3.63, 3.8) is 0 Å². The van der Waals surface area contributed by atoms with Crippen molar-refractivity contribution in [3.05, 3.63) is 29.8 Å². The number of hydrogen-bond donors (Lipinski definition) is 1. The lowest BCUT2D eigenvalue weighted by Crippen LogP contribution is -2.58. The average Bonchev–Trinajstić information content (AvgIpc) is 3.40. The van der Waals surface area contributed by atoms with Gasteiger partial charge in [-0.3, -0.25) is 0 Å². The highest BCUT2D eigenvalue weighted by atomic mass is 16.5. The lowest BCUT2D eigenvalue weighted by Gasteiger charge is -2.44. The van der Waals surface area contributed by atoms with E-state index >= 15 is 0 Å². The molecule has 1 aromatic carbocycles. The predicted molar refractivity (Wildman–Crippen MR) is 121 cm³/mol. The Bertz CT molecular complexity index is 724. The van der Waals surface area contributed by atoms with Crippen LogP contribution in [-0.2, 0) is 6.42 Å². The minimum atomic E-state index is 0.154. The minimum absolute atomic E-state index is 0.154. The number of carbonyl (C=O) groups is 1. The number of piperidine rings is 1. The summed E-state index contributed by atoms with van der Waals surface area (Å²) in [4.78, 5) is 17.3. The van der Waals surface area contributed by atoms with Crippen molar-refractivity contribution in [2.45, 2.75) is 65.5 Å². The Balaban J connectivity index is 1.31. The van der Waals surface area contributed by atoms with Gasteiger partial charge in [-0.15, -0.1) is 0 Å². The first-order valence-electron chi connectivity index (χ1n) is 11.9. The molecule has 5 nitrogen and oxygen atoms in total. The molecule has 0 radical (unpaired) electrons. The maximum Gasteiger partial charge on any atom is 0.317 e. The predicted octanol–water partition coefficient (Wildman–Crippen LogP) is 4.17. The highest BCUT2D eigenvalue weighted by Crippen LogP contribution is 2.55. The van der Waals surface area contributed by atoms with E-state index in [-0.39, 0.29) is 11.4 Å². The van der Waals surface area contributed by atoms with E-state index in [1.807, 2.05) is 0 Å². The van der Waals surface area contributed by atoms with Crippen molar-refractivity contribution in [3.8, 4) is 5.75 Å². The van der Waals surface area contributed by atoms with E-state index in [4.69, 9.17) is 4.74 Å². The first-order valence-corrected chi connectivity index (χ1v) is 11.9. The summed E-state index contributed by atoms with van der Waals surface area (Å²) in [6.45, 7) is 13.6. The van der Waals surface area contributed by atoms with Crippen LogP contribution in [-0.4, -0.2) is 60.7 Å². The van der Waals surface area contributed by atoms with Crippen molar-refractivity contribution >= 4 is 6.03 Å². The molecule has 2 saturated heterocycles. The SMILES string of the molecule is CC(C)COc1ccc(CC2CC23CNC(=O)N(C2CCN(C(C)C)CC2)C3)cc1. The van der Waals surface area contributed by atoms with Crippen molar-refractivity contribution in [1.29, 1.82) is 0 Å². The molecule has 2 atom stereocenters. The molecule has 0 bridgehead atoms. The molecule has 2 aliphatic heterocycles. The number of likely N-dealkylation sites (tertiary alicyclic amines) is 1. The van der Waals surface area contributed by atoms with Crippen LogP contribution in [0.25, 0.3) is 0 Å². The summed E-state index contributed by atoms with van der Waals surface area (Å²) >= 11 is 0. The van der Waals surface area contributed by atoms with Crippen LogP contribution in [0.4, 0.5) is 4.79 Å². The fourth-order valence-corrected chi connectivity index (χ4v) is 5.23. The van der Waals surface area contributed by atoms with Gasteiger partial charge in [-0.05, 0) is 69.1 Å². The van der Waals surface area contributed by atoms with Gasteiger partial charge in [-0.1, -0.05) is 26.0 Å². The molecule has 2 unspecified atom stereocenters. The summed E-state index contributed by atoms with van der Waals surface area (Å²) < 4.78 is 5.81. The van der Waals surface area contributed by atoms with Gasteiger partial charge in [0.1, 0.15) is 5.75 Å². The van der Waals surface area contributed by atoms with Crippen molar-refractivity contribution in [1.82, 2.24) is 15.1 Å². The maximum atomic E-state index is 12.6. The third-order valence-electron chi connectivity index (χ3n) is 7.36. The van der Waals surface area contributed by atoms with Crippen LogP contribution in [0.2, 0.25) is 0 Å². The Morgan fingerprint density at radius 1 is 1.13 bits per heavy atom. The van der Waals surface area contributed by atoms with Crippen molar-refractivity contribution in [2.24, 2.45) is 17.3 Å². The number of benzene rings is 1. The zero-order valence-corrected chi connectivity index (χ0v) is 19.2. The second-order valence-corrected chi connectivity index (χ2v) is 10.5. The van der Waals surface area contributed by atoms with Gasteiger partial charge in [0.2, 0.25) is 0 Å². The summed E-state index contributed by atoms with van der Waals surface area (Å²) in [5.41, 5.74) is 1.65. The Kier molecular flexibility index (Phi) is 6.29. The Morgan fingerprint density at radius 2 is 1.83 bits per heavy atom. The van der Waals surface area contributed by atoms with Gasteiger partial charge in [0, 0.05) is 43.7 Å². The molecule has 3 aliphatic rings. The largest absolute Gasteiger partial charge is 0.493 e. The molecule has 1 saturated carbocycles. The zero-order valence-electron chi connectivity index (χ0n) is 19.2. The molecule has 1 N–H and O–H groups in total. The van der Waals surface area contributed by atoms with Crippen LogP contribution in [0.5, 0.6) is 5.75 Å². The van der Waals surface area contributed by atoms with Crippen LogP contribution < -0.4 is 10.1 Å². The quantitative estimate of drug-likeness (QED) is 0.730. The molecule has 4 rings (SSSR count). The highest BCUT2D eigenvalue weighted by Gasteiger charge is 2.57. The first-order chi connectivity index (χ1) is 14.4. The fraction of sp³-hybridized carbons (Fsp3) is 0.720. The summed E-state index contributed by atoms with van der Waals surface area (Å²) in [7, 11) is 0. The van der Waals surface area contributed by atoms with E-state index in [0.717, 1.165) is 57.8 Å². The smallest absolute Gasteiger partial charge is 0.317 e. The monoisotopic (exact) mass is 413 g/mol. The molecule has 1 aromatic rings. The molecule has 2 amide bonds. The van der Waals surface area contributed by atoms with Gasteiger partial charge < -0.3 is 19.9 Å². The molecular weight excluding hydrogens is 374 g/mol. The number of ether oxygens (including phenoxy) is 1. The first kappa shape index (κ1) is 21.5. The Hall–Kier alpha value is -1.75. The number of amides is 2. The third kappa shape index (κ3) is 4.77. The molecule has 1 spiro atoms. The van der Waals surface area contributed by atoms with Crippen molar-refractivity contribution in [2.75, 3.05) is 32.8 Å². The van der Waals surface area contributed by atoms with E-state index in [2.05, 4.69) is 67.1 Å². The van der Waals surface area contributed by atoms with Crippen LogP contribution >= 0.6 is 0 Å². The molecule has 166 valence electrons. The standard InChI is InChI=1S/C25H39N3O2/c1-18(2)15-30-23-7-5-20(6-8-23)13-21-14-25(21)16-26-24(29)28(17-25)22-9-11-27(12-10-22)19(3)4/h5-8,18-19,21-22H,9-17H2,1-4H3,(H,26,29). The average molecular weight is 414 g/mol. The zero-order chi connectivity index (χ0) is 21.3. The third-order valence-corrected chi connectivity index (χ3v) is 7.36. The lowest BCUT2D eigenvalue weighted by atomic mass is 9.94. The van der Waals surface area contributed by atoms with Crippen LogP contribution in [0.15, 0.2) is 24.3 Å². The number of urea groups is 1. The second-order valence-electron chi connectivity index (χ2n) is 10.5. The number of carbonyl (C=O) groups excluding carboxylic acids is 1. The van der Waals surface area contributed by atoms with Crippen molar-refractivity contribution < 1.29 is 9.53 Å². The van der Waals surface area contributed by atoms with E-state index < -0.39 is 0 Å². The molecule has 2 heterocycles. The summed E-state index contributed by atoms with van der Waals surface area (Å²) in [6.07, 6.45) is 4.52. The summed E-state index contributed by atoms with van der Waals surface area (Å²) in [5.74, 6) is 2.17. The molecule has 1 aliphatic carbocycles. The molecule has 3 fully saturated rings. The number of nitrogens with one attached hydrogen (secondary N) is 1. The van der Waals surface area contributed by atoms with Gasteiger partial charge in [0.25, 0.3) is 0 Å². The van der Waals surface area contributed by atoms with Gasteiger partial charge in [0.05, 0.1) is 6.61 Å². The molecule has 30 heavy (non-hydrogen) atoms. The number of rotatable bonds is 7. The van der Waals surface area contributed by atoms with Crippen LogP contribution in [0.3, 0.4) is 0 Å². The van der Waals surface area contributed by atoms with Crippen LogP contribution in [0.1, 0.15) is 52.5 Å². The molecule has 5 heteroatoms. The van der Waals surface area contributed by atoms with Gasteiger partial charge >= 0.3 is 6.03 Å². The van der Waals surface area contributed by atoms with E-state index in [1.165, 1.54) is 12.0 Å². The summed E-state index contributed by atoms with van der Waals surface area (Å²) in [5, 5.41) is 3.22. The van der Waals surface area contributed by atoms with E-state index in [0.29, 0.717) is 23.9 Å². The van der Waals surface area contributed by atoms with Gasteiger partial charge in [0.15, 0.2) is 0 Å². The Morgan fingerprint density at radius 3 is 2.47 bits per heavy atom. The second kappa shape index (κ2) is 8.78. The van der Waals surface area contributed by atoms with Gasteiger partial charge in [-0.25, -0.2) is 4.79 Å². The highest BCUT2D eigenvalue weighted by molar-refractivity contribution is 5.76. The fourth-order valence-electron chi connectivity index (χ4n) is 5.23. The molecular formula is C25H39N3O2. The van der Waals surface area contributed by atoms with E-state index in [1.54, 1.807) is 0 Å². The topological polar surface area (TPSA) is 44.8 Å². The van der Waals surface area contributed by atoms with Gasteiger partial charge in [-0.2, -0.15) is 0 Å². The minimum Gasteiger partial charge on any atom is -0.493 e. The lowest BCUT2D eigenvalue weighted by molar-refractivity contribution is 0.0793. The summed E-state index contributed by atoms with van der Waals surface area (Å²) in [6, 6.07) is 9.78. The normalized spacial score (nSPS) is 27.7. The number of hydrogen-bond acceptors (Lipinski definition) is 3. The van der Waals surface area contributed by atoms with E-state index in [9.17, 15) is 4.79 Å². The Labute approximate surface area is 182 Å².